The number of halogens is 7. The van der Waals surface area contributed by atoms with Gasteiger partial charge in [-0.1, -0.05) is 29.3 Å². The molecule has 40 heavy (non-hydrogen) atoms. The minimum Gasteiger partial charge on any atom is -0.389 e. The van der Waals surface area contributed by atoms with Crippen LogP contribution in [-0.2, 0) is 10.0 Å². The predicted octanol–water partition coefficient (Wildman–Crippen LogP) is 4.33. The molecule has 2 aromatic rings. The molecule has 0 bridgehead atoms. The molecule has 1 aliphatic heterocycles. The fourth-order valence-corrected chi connectivity index (χ4v) is 6.61. The number of hydrogen-bond donors (Lipinski definition) is 3. The van der Waals surface area contributed by atoms with E-state index < -0.39 is 79.2 Å². The highest BCUT2D eigenvalue weighted by molar-refractivity contribution is 7.89. The van der Waals surface area contributed by atoms with Crippen molar-refractivity contribution in [1.82, 2.24) is 19.9 Å². The van der Waals surface area contributed by atoms with Crippen LogP contribution in [-0.4, -0.2) is 78.6 Å². The van der Waals surface area contributed by atoms with Gasteiger partial charge in [0.15, 0.2) is 5.01 Å². The zero-order chi connectivity index (χ0) is 30.4. The minimum absolute atomic E-state index is 0.122. The van der Waals surface area contributed by atoms with Crippen LogP contribution in [0, 0.1) is 0 Å². The topological polar surface area (TPSA) is 129 Å². The number of hydrogen-bond acceptors (Lipinski definition) is 7. The standard InChI is InChI=1S/C22H23Cl2F5N4O5S2/c1-10(22(27,28)29)32-40(37,38)12-5-4-11(13(23)14(12)24)16-15(19(35)33-7-6-21(25,26)9-33)31-18(39-16)17(34)30-8-20(2,3)36/h4-5,10,32,36H,6-9H2,1-3H3,(H,30,34)/t10-/m0/s1. The molecule has 0 aliphatic carbocycles. The first-order valence-electron chi connectivity index (χ1n) is 11.4. The molecular formula is C22H23Cl2F5N4O5S2. The van der Waals surface area contributed by atoms with E-state index in [0.29, 0.717) is 18.3 Å². The first-order valence-corrected chi connectivity index (χ1v) is 14.4. The number of sulfonamides is 1. The van der Waals surface area contributed by atoms with E-state index in [1.54, 1.807) is 0 Å². The summed E-state index contributed by atoms with van der Waals surface area (Å²) in [4.78, 5) is 29.8. The molecule has 1 atom stereocenters. The molecule has 0 spiro atoms. The molecule has 1 aromatic heterocycles. The Kier molecular flexibility index (Phi) is 9.14. The van der Waals surface area contributed by atoms with E-state index in [2.05, 4.69) is 10.3 Å². The summed E-state index contributed by atoms with van der Waals surface area (Å²) in [5, 5.41) is 10.8. The molecular weight excluding hydrogens is 630 g/mol. The molecule has 0 saturated carbocycles. The van der Waals surface area contributed by atoms with Gasteiger partial charge in [-0.3, -0.25) is 9.59 Å². The molecule has 1 saturated heterocycles. The van der Waals surface area contributed by atoms with Crippen LogP contribution < -0.4 is 10.0 Å². The highest BCUT2D eigenvalue weighted by Crippen LogP contribution is 2.42. The lowest BCUT2D eigenvalue weighted by molar-refractivity contribution is -0.147. The Morgan fingerprint density at radius 2 is 1.85 bits per heavy atom. The third kappa shape index (κ3) is 7.39. The molecule has 1 fully saturated rings. The molecule has 9 nitrogen and oxygen atoms in total. The Balaban J connectivity index is 2.08. The van der Waals surface area contributed by atoms with E-state index in [1.807, 2.05) is 0 Å². The number of likely N-dealkylation sites (tertiary alicyclic amines) is 1. The average molecular weight is 653 g/mol. The Hall–Kier alpha value is -2.11. The number of aliphatic hydroxyl groups is 1. The van der Waals surface area contributed by atoms with Crippen LogP contribution in [0.1, 0.15) is 47.5 Å². The lowest BCUT2D eigenvalue weighted by Gasteiger charge is -2.19. The van der Waals surface area contributed by atoms with Gasteiger partial charge in [0.1, 0.15) is 16.6 Å². The van der Waals surface area contributed by atoms with Crippen molar-refractivity contribution in [3.8, 4) is 10.4 Å². The molecule has 3 N–H and O–H groups in total. The number of rotatable bonds is 8. The van der Waals surface area contributed by atoms with Gasteiger partial charge in [-0.25, -0.2) is 22.2 Å². The number of benzene rings is 1. The molecule has 2 heterocycles. The van der Waals surface area contributed by atoms with Crippen molar-refractivity contribution in [2.75, 3.05) is 19.6 Å². The van der Waals surface area contributed by atoms with E-state index in [0.717, 1.165) is 17.0 Å². The predicted molar refractivity (Wildman–Crippen MR) is 138 cm³/mol. The van der Waals surface area contributed by atoms with Gasteiger partial charge in [0.25, 0.3) is 17.7 Å². The molecule has 2 amide bonds. The van der Waals surface area contributed by atoms with Gasteiger partial charge in [-0.15, -0.1) is 11.3 Å². The number of nitrogens with one attached hydrogen (secondary N) is 2. The van der Waals surface area contributed by atoms with E-state index in [4.69, 9.17) is 23.2 Å². The van der Waals surface area contributed by atoms with Crippen molar-refractivity contribution in [2.45, 2.75) is 55.8 Å². The second-order valence-electron chi connectivity index (χ2n) is 9.65. The van der Waals surface area contributed by atoms with Crippen LogP contribution in [0.3, 0.4) is 0 Å². The van der Waals surface area contributed by atoms with E-state index in [9.17, 15) is 45.1 Å². The molecule has 3 rings (SSSR count). The normalized spacial score (nSPS) is 16.7. The van der Waals surface area contributed by atoms with Crippen molar-refractivity contribution < 1.29 is 45.1 Å². The van der Waals surface area contributed by atoms with E-state index in [-0.39, 0.29) is 28.5 Å². The minimum atomic E-state index is -4.89. The summed E-state index contributed by atoms with van der Waals surface area (Å²) in [7, 11) is -4.82. The molecule has 222 valence electrons. The van der Waals surface area contributed by atoms with Gasteiger partial charge >= 0.3 is 6.18 Å². The lowest BCUT2D eigenvalue weighted by Crippen LogP contribution is -2.43. The Bertz CT molecular complexity index is 1430. The third-order valence-electron chi connectivity index (χ3n) is 5.57. The number of carbonyl (C=O) groups excluding carboxylic acids is 2. The number of carbonyl (C=O) groups is 2. The van der Waals surface area contributed by atoms with Gasteiger partial charge in [-0.05, 0) is 26.8 Å². The van der Waals surface area contributed by atoms with Crippen LogP contribution >= 0.6 is 34.5 Å². The first kappa shape index (κ1) is 32.4. The van der Waals surface area contributed by atoms with Crippen molar-refractivity contribution >= 4 is 56.4 Å². The summed E-state index contributed by atoms with van der Waals surface area (Å²) in [6, 6.07) is -0.565. The third-order valence-corrected chi connectivity index (χ3v) is 9.23. The number of nitrogens with zero attached hydrogens (tertiary/aromatic N) is 2. The summed E-state index contributed by atoms with van der Waals surface area (Å²) in [5.41, 5.74) is -1.87. The number of aromatic nitrogens is 1. The van der Waals surface area contributed by atoms with Crippen LogP contribution in [0.25, 0.3) is 10.4 Å². The van der Waals surface area contributed by atoms with Gasteiger partial charge in [-0.2, -0.15) is 17.9 Å². The zero-order valence-corrected chi connectivity index (χ0v) is 24.1. The SMILES string of the molecule is C[C@H](NS(=O)(=O)c1ccc(-c2sc(C(=O)NCC(C)(C)O)nc2C(=O)N2CCC(F)(F)C2)c(Cl)c1Cl)C(F)(F)F. The maximum atomic E-state index is 13.8. The molecule has 1 aromatic carbocycles. The highest BCUT2D eigenvalue weighted by Gasteiger charge is 2.42. The second kappa shape index (κ2) is 11.3. The van der Waals surface area contributed by atoms with Crippen LogP contribution in [0.2, 0.25) is 10.0 Å². The summed E-state index contributed by atoms with van der Waals surface area (Å²) in [6.45, 7) is 2.01. The quantitative estimate of drug-likeness (QED) is 0.364. The first-order chi connectivity index (χ1) is 18.1. The van der Waals surface area contributed by atoms with E-state index >= 15 is 0 Å². The van der Waals surface area contributed by atoms with Gasteiger partial charge < -0.3 is 15.3 Å². The monoisotopic (exact) mass is 652 g/mol. The van der Waals surface area contributed by atoms with Crippen molar-refractivity contribution in [3.63, 3.8) is 0 Å². The number of thiazole rings is 1. The Labute approximate surface area is 239 Å². The maximum Gasteiger partial charge on any atom is 0.404 e. The summed E-state index contributed by atoms with van der Waals surface area (Å²) in [5.74, 6) is -4.92. The Morgan fingerprint density at radius 1 is 1.23 bits per heavy atom. The maximum absolute atomic E-state index is 13.8. The highest BCUT2D eigenvalue weighted by atomic mass is 35.5. The second-order valence-corrected chi connectivity index (χ2v) is 13.1. The zero-order valence-electron chi connectivity index (χ0n) is 21.0. The lowest BCUT2D eigenvalue weighted by atomic mass is 10.1. The molecule has 0 unspecified atom stereocenters. The smallest absolute Gasteiger partial charge is 0.389 e. The molecule has 1 aliphatic rings. The van der Waals surface area contributed by atoms with Gasteiger partial charge in [0, 0.05) is 25.1 Å². The largest absolute Gasteiger partial charge is 0.404 e. The summed E-state index contributed by atoms with van der Waals surface area (Å²) >= 11 is 13.1. The van der Waals surface area contributed by atoms with Gasteiger partial charge in [0.2, 0.25) is 10.0 Å². The van der Waals surface area contributed by atoms with Crippen LogP contribution in [0.4, 0.5) is 22.0 Å². The van der Waals surface area contributed by atoms with Crippen LogP contribution in [0.5, 0.6) is 0 Å². The van der Waals surface area contributed by atoms with Crippen LogP contribution in [0.15, 0.2) is 17.0 Å². The number of amides is 2. The summed E-state index contributed by atoms with van der Waals surface area (Å²) < 4.78 is 93.0. The average Bonchev–Trinajstić information content (AvgIpc) is 3.40. The fourth-order valence-electron chi connectivity index (χ4n) is 3.45. The molecule has 0 radical (unpaired) electrons. The van der Waals surface area contributed by atoms with Gasteiger partial charge in [0.05, 0.1) is 27.1 Å². The molecule has 18 heteroatoms. The number of alkyl halides is 5. The van der Waals surface area contributed by atoms with Crippen molar-refractivity contribution in [3.05, 3.63) is 32.9 Å². The van der Waals surface area contributed by atoms with Crippen molar-refractivity contribution in [1.29, 1.82) is 0 Å². The Morgan fingerprint density at radius 3 is 2.38 bits per heavy atom. The summed E-state index contributed by atoms with van der Waals surface area (Å²) in [6.07, 6.45) is -5.49. The van der Waals surface area contributed by atoms with E-state index in [1.165, 1.54) is 18.6 Å². The fraction of sp³-hybridized carbons (Fsp3) is 0.500. The van der Waals surface area contributed by atoms with Crippen molar-refractivity contribution in [2.24, 2.45) is 0 Å².